The van der Waals surface area contributed by atoms with Crippen molar-refractivity contribution in [3.8, 4) is 17.1 Å². The Kier molecular flexibility index (Phi) is 10.3. The highest BCUT2D eigenvalue weighted by Crippen LogP contribution is 2.31. The molecule has 0 aliphatic rings. The van der Waals surface area contributed by atoms with Gasteiger partial charge in [0.2, 0.25) is 0 Å². The standard InChI is InChI=1S/C26H25Cl4N3O4/c1-14(2)10-22(32-25(34)15(3)36-24-8-5-17(28)12-21(24)30)26(35)33-31-13-18-6-9-23(37-18)19-11-16(27)4-7-20(19)29/h4-9,11-15,22H,10H2,1-3H3,(H,32,34)(H,33,35)/b31-13-/t15-,22-/m1/s1. The molecule has 2 N–H and O–H groups in total. The fourth-order valence-corrected chi connectivity index (χ4v) is 4.13. The van der Waals surface area contributed by atoms with Crippen LogP contribution in [0.3, 0.4) is 0 Å². The van der Waals surface area contributed by atoms with Crippen molar-refractivity contribution in [1.82, 2.24) is 10.7 Å². The first kappa shape index (κ1) is 28.9. The number of nitrogens with one attached hydrogen (secondary N) is 2. The maximum absolute atomic E-state index is 12.8. The second-order valence-electron chi connectivity index (χ2n) is 8.59. The van der Waals surface area contributed by atoms with Crippen molar-refractivity contribution >= 4 is 64.4 Å². The van der Waals surface area contributed by atoms with Crippen LogP contribution < -0.4 is 15.5 Å². The molecule has 1 aromatic heterocycles. The van der Waals surface area contributed by atoms with Gasteiger partial charge in [0.15, 0.2) is 6.10 Å². The van der Waals surface area contributed by atoms with Crippen LogP contribution in [0.1, 0.15) is 33.0 Å². The number of nitrogens with zero attached hydrogens (tertiary/aromatic N) is 1. The zero-order valence-corrected chi connectivity index (χ0v) is 23.3. The van der Waals surface area contributed by atoms with Gasteiger partial charge >= 0.3 is 0 Å². The number of furan rings is 1. The van der Waals surface area contributed by atoms with Crippen LogP contribution in [0.25, 0.3) is 11.3 Å². The van der Waals surface area contributed by atoms with E-state index < -0.39 is 24.0 Å². The van der Waals surface area contributed by atoms with Gasteiger partial charge in [-0.1, -0.05) is 60.3 Å². The molecule has 3 aromatic rings. The number of rotatable bonds is 10. The summed E-state index contributed by atoms with van der Waals surface area (Å²) in [4.78, 5) is 25.6. The summed E-state index contributed by atoms with van der Waals surface area (Å²) in [6.45, 7) is 5.44. The summed E-state index contributed by atoms with van der Waals surface area (Å²) in [5.41, 5.74) is 3.08. The molecule has 0 spiro atoms. The number of halogens is 4. The second-order valence-corrected chi connectivity index (χ2v) is 10.3. The number of carbonyl (C=O) groups excluding carboxylic acids is 2. The van der Waals surface area contributed by atoms with Crippen molar-refractivity contribution in [1.29, 1.82) is 0 Å². The molecule has 11 heteroatoms. The van der Waals surface area contributed by atoms with Gasteiger partial charge in [-0.15, -0.1) is 0 Å². The predicted octanol–water partition coefficient (Wildman–Crippen LogP) is 7.01. The van der Waals surface area contributed by atoms with Gasteiger partial charge in [0.1, 0.15) is 23.3 Å². The van der Waals surface area contributed by atoms with Crippen LogP contribution in [0.15, 0.2) is 58.0 Å². The smallest absolute Gasteiger partial charge is 0.262 e. The van der Waals surface area contributed by atoms with Crippen LogP contribution in [0.5, 0.6) is 5.75 Å². The lowest BCUT2D eigenvalue weighted by molar-refractivity contribution is -0.132. The highest BCUT2D eigenvalue weighted by molar-refractivity contribution is 6.36. The number of hydrogen-bond acceptors (Lipinski definition) is 5. The largest absolute Gasteiger partial charge is 0.479 e. The molecule has 37 heavy (non-hydrogen) atoms. The average Bonchev–Trinajstić information content (AvgIpc) is 3.30. The quantitative estimate of drug-likeness (QED) is 0.198. The highest BCUT2D eigenvalue weighted by atomic mass is 35.5. The Bertz CT molecular complexity index is 1290. The Morgan fingerprint density at radius 2 is 1.65 bits per heavy atom. The molecule has 0 fully saturated rings. The molecular weight excluding hydrogens is 560 g/mol. The van der Waals surface area contributed by atoms with E-state index in [1.54, 1.807) is 49.4 Å². The summed E-state index contributed by atoms with van der Waals surface area (Å²) < 4.78 is 11.4. The minimum Gasteiger partial charge on any atom is -0.479 e. The molecule has 7 nitrogen and oxygen atoms in total. The molecule has 0 radical (unpaired) electrons. The second kappa shape index (κ2) is 13.2. The van der Waals surface area contributed by atoms with Crippen LogP contribution in [0.2, 0.25) is 20.1 Å². The molecule has 196 valence electrons. The number of ether oxygens (including phenoxy) is 1. The van der Waals surface area contributed by atoms with E-state index in [0.29, 0.717) is 44.3 Å². The van der Waals surface area contributed by atoms with Gasteiger partial charge in [-0.05, 0) is 67.8 Å². The zero-order chi connectivity index (χ0) is 27.1. The van der Waals surface area contributed by atoms with E-state index >= 15 is 0 Å². The van der Waals surface area contributed by atoms with E-state index in [-0.39, 0.29) is 10.9 Å². The lowest BCUT2D eigenvalue weighted by Gasteiger charge is -2.22. The summed E-state index contributed by atoms with van der Waals surface area (Å²) in [6, 6.07) is 12.3. The molecule has 3 rings (SSSR count). The molecule has 0 saturated heterocycles. The maximum atomic E-state index is 12.8. The van der Waals surface area contributed by atoms with E-state index in [1.807, 2.05) is 13.8 Å². The van der Waals surface area contributed by atoms with E-state index in [1.165, 1.54) is 12.3 Å². The van der Waals surface area contributed by atoms with Crippen LogP contribution in [-0.4, -0.2) is 30.2 Å². The van der Waals surface area contributed by atoms with Gasteiger partial charge in [0, 0.05) is 15.6 Å². The van der Waals surface area contributed by atoms with Crippen molar-refractivity contribution in [3.05, 3.63) is 74.4 Å². The number of amides is 2. The first-order valence-corrected chi connectivity index (χ1v) is 12.8. The Hall–Kier alpha value is -2.71. The summed E-state index contributed by atoms with van der Waals surface area (Å²) >= 11 is 24.3. The van der Waals surface area contributed by atoms with Crippen LogP contribution in [0.4, 0.5) is 0 Å². The van der Waals surface area contributed by atoms with E-state index in [0.717, 1.165) is 0 Å². The third-order valence-corrected chi connectivity index (χ3v) is 6.19. The summed E-state index contributed by atoms with van der Waals surface area (Å²) in [5, 5.41) is 8.41. The van der Waals surface area contributed by atoms with Gasteiger partial charge in [-0.25, -0.2) is 5.43 Å². The van der Waals surface area contributed by atoms with Crippen LogP contribution in [0, 0.1) is 5.92 Å². The Morgan fingerprint density at radius 1 is 0.946 bits per heavy atom. The van der Waals surface area contributed by atoms with Gasteiger partial charge < -0.3 is 14.5 Å². The summed E-state index contributed by atoms with van der Waals surface area (Å²) in [5.74, 6) is 0.347. The Labute approximate surface area is 235 Å². The molecule has 0 saturated carbocycles. The van der Waals surface area contributed by atoms with Crippen LogP contribution >= 0.6 is 46.4 Å². The SMILES string of the molecule is CC(C)C[C@@H](NC(=O)[C@@H](C)Oc1ccc(Cl)cc1Cl)C(=O)N/N=C\c1ccc(-c2cc(Cl)ccc2Cl)o1. The van der Waals surface area contributed by atoms with Crippen molar-refractivity contribution < 1.29 is 18.7 Å². The third kappa shape index (κ3) is 8.40. The first-order valence-electron chi connectivity index (χ1n) is 11.3. The Balaban J connectivity index is 1.62. The van der Waals surface area contributed by atoms with E-state index in [2.05, 4.69) is 15.8 Å². The molecule has 2 atom stereocenters. The minimum atomic E-state index is -0.913. The predicted molar refractivity (Wildman–Crippen MR) is 148 cm³/mol. The topological polar surface area (TPSA) is 92.9 Å². The third-order valence-electron chi connectivity index (χ3n) is 5.09. The van der Waals surface area contributed by atoms with E-state index in [9.17, 15) is 9.59 Å². The first-order chi connectivity index (χ1) is 17.5. The summed E-state index contributed by atoms with van der Waals surface area (Å²) in [6.07, 6.45) is 0.826. The lowest BCUT2D eigenvalue weighted by Crippen LogP contribution is -2.49. The average molecular weight is 585 g/mol. The molecule has 2 aromatic carbocycles. The fraction of sp³-hybridized carbons (Fsp3) is 0.269. The maximum Gasteiger partial charge on any atom is 0.262 e. The van der Waals surface area contributed by atoms with Crippen LogP contribution in [-0.2, 0) is 9.59 Å². The van der Waals surface area contributed by atoms with Crippen molar-refractivity contribution in [2.24, 2.45) is 11.0 Å². The molecule has 0 unspecified atom stereocenters. The van der Waals surface area contributed by atoms with Crippen molar-refractivity contribution in [2.75, 3.05) is 0 Å². The monoisotopic (exact) mass is 583 g/mol. The van der Waals surface area contributed by atoms with Gasteiger partial charge in [-0.2, -0.15) is 5.10 Å². The fourth-order valence-electron chi connectivity index (χ4n) is 3.30. The van der Waals surface area contributed by atoms with Crippen molar-refractivity contribution in [2.45, 2.75) is 39.3 Å². The van der Waals surface area contributed by atoms with Gasteiger partial charge in [0.25, 0.3) is 11.8 Å². The molecule has 0 aliphatic carbocycles. The number of carbonyl (C=O) groups is 2. The Morgan fingerprint density at radius 3 is 2.35 bits per heavy atom. The minimum absolute atomic E-state index is 0.122. The zero-order valence-electron chi connectivity index (χ0n) is 20.2. The van der Waals surface area contributed by atoms with E-state index in [4.69, 9.17) is 55.6 Å². The van der Waals surface area contributed by atoms with Gasteiger partial charge in [-0.3, -0.25) is 9.59 Å². The number of hydrogen-bond donors (Lipinski definition) is 2. The number of benzene rings is 2. The molecule has 1 heterocycles. The normalized spacial score (nSPS) is 13.0. The van der Waals surface area contributed by atoms with Crippen molar-refractivity contribution in [3.63, 3.8) is 0 Å². The molecule has 2 amide bonds. The highest BCUT2D eigenvalue weighted by Gasteiger charge is 2.25. The van der Waals surface area contributed by atoms with Gasteiger partial charge in [0.05, 0.1) is 16.3 Å². The molecule has 0 bridgehead atoms. The molecular formula is C26H25Cl4N3O4. The molecule has 0 aliphatic heterocycles. The lowest BCUT2D eigenvalue weighted by atomic mass is 10.0. The summed E-state index contributed by atoms with van der Waals surface area (Å²) in [7, 11) is 0. The number of hydrazone groups is 1.